The molecule has 0 aliphatic carbocycles. The molecule has 1 fully saturated rings. The van der Waals surface area contributed by atoms with E-state index in [4.69, 9.17) is 4.74 Å². The third-order valence-corrected chi connectivity index (χ3v) is 7.39. The first-order valence-corrected chi connectivity index (χ1v) is 10.7. The smallest absolute Gasteiger partial charge is 0.242 e. The van der Waals surface area contributed by atoms with Gasteiger partial charge in [-0.1, -0.05) is 25.1 Å². The van der Waals surface area contributed by atoms with Gasteiger partial charge in [-0.2, -0.15) is 0 Å². The summed E-state index contributed by atoms with van der Waals surface area (Å²) in [5.74, 6) is 0.455. The second kappa shape index (κ2) is 8.15. The zero-order chi connectivity index (χ0) is 18.1. The number of ether oxygens (including phenoxy) is 1. The molecular weight excluding hydrogens is 376 g/mol. The Morgan fingerprint density at radius 1 is 1.35 bits per heavy atom. The molecule has 0 radical (unpaired) electrons. The van der Waals surface area contributed by atoms with Gasteiger partial charge < -0.3 is 15.4 Å². The summed E-state index contributed by atoms with van der Waals surface area (Å²) in [5.41, 5.74) is 2.05. The number of hydrogen-bond donors (Lipinski definition) is 2. The van der Waals surface area contributed by atoms with E-state index in [1.165, 1.54) is 6.26 Å². The molecule has 2 heterocycles. The number of amides is 1. The Hall–Kier alpha value is -1.31. The molecule has 2 aliphatic rings. The van der Waals surface area contributed by atoms with E-state index in [1.807, 2.05) is 18.2 Å². The average Bonchev–Trinajstić information content (AvgIpc) is 2.61. The monoisotopic (exact) mass is 402 g/mol. The van der Waals surface area contributed by atoms with Crippen LogP contribution < -0.4 is 15.4 Å². The molecule has 1 aromatic rings. The summed E-state index contributed by atoms with van der Waals surface area (Å²) in [7, 11) is -3.51. The van der Waals surface area contributed by atoms with Crippen LogP contribution >= 0.6 is 12.4 Å². The number of sulfone groups is 1. The van der Waals surface area contributed by atoms with Crippen molar-refractivity contribution in [1.29, 1.82) is 0 Å². The molecule has 1 amide bonds. The number of fused-ring (bicyclic) bond motifs is 1. The lowest BCUT2D eigenvalue weighted by Crippen LogP contribution is -2.57. The maximum absolute atomic E-state index is 13.0. The van der Waals surface area contributed by atoms with Crippen LogP contribution in [0.1, 0.15) is 43.4 Å². The number of para-hydroxylation sites is 1. The van der Waals surface area contributed by atoms with Crippen LogP contribution in [0.2, 0.25) is 0 Å². The van der Waals surface area contributed by atoms with Gasteiger partial charge in [0.15, 0.2) is 14.6 Å². The van der Waals surface area contributed by atoms with Crippen LogP contribution in [0.3, 0.4) is 0 Å². The molecule has 0 saturated carbocycles. The minimum atomic E-state index is -3.51. The summed E-state index contributed by atoms with van der Waals surface area (Å²) in [6.07, 6.45) is 3.28. The zero-order valence-corrected chi connectivity index (χ0v) is 16.8. The van der Waals surface area contributed by atoms with E-state index in [9.17, 15) is 13.2 Å². The van der Waals surface area contributed by atoms with E-state index in [0.717, 1.165) is 23.3 Å². The lowest BCUT2D eigenvalue weighted by Gasteiger charge is -2.37. The van der Waals surface area contributed by atoms with Crippen LogP contribution in [0.15, 0.2) is 18.2 Å². The van der Waals surface area contributed by atoms with Crippen LogP contribution in [0.5, 0.6) is 5.75 Å². The zero-order valence-electron chi connectivity index (χ0n) is 15.2. The van der Waals surface area contributed by atoms with Crippen molar-refractivity contribution >= 4 is 28.2 Å². The Balaban J connectivity index is 0.00000243. The molecule has 1 atom stereocenters. The number of benzene rings is 1. The van der Waals surface area contributed by atoms with Crippen molar-refractivity contribution in [2.24, 2.45) is 0 Å². The number of rotatable bonds is 4. The first-order chi connectivity index (χ1) is 11.9. The van der Waals surface area contributed by atoms with Crippen molar-refractivity contribution in [3.05, 3.63) is 29.3 Å². The fourth-order valence-corrected chi connectivity index (χ4v) is 5.15. The van der Waals surface area contributed by atoms with E-state index in [0.29, 0.717) is 39.0 Å². The molecule has 8 heteroatoms. The molecule has 2 N–H and O–H groups in total. The van der Waals surface area contributed by atoms with Gasteiger partial charge in [-0.15, -0.1) is 12.4 Å². The van der Waals surface area contributed by atoms with Crippen molar-refractivity contribution in [2.75, 3.05) is 26.0 Å². The Morgan fingerprint density at radius 3 is 2.65 bits per heavy atom. The number of carbonyl (C=O) groups is 1. The molecule has 0 aromatic heterocycles. The summed E-state index contributed by atoms with van der Waals surface area (Å²) >= 11 is 0. The maximum atomic E-state index is 13.0. The van der Waals surface area contributed by atoms with E-state index in [-0.39, 0.29) is 24.4 Å². The third-order valence-electron chi connectivity index (χ3n) is 5.38. The Bertz CT molecular complexity index is 760. The van der Waals surface area contributed by atoms with Gasteiger partial charge in [0.1, 0.15) is 5.75 Å². The predicted molar refractivity (Wildman–Crippen MR) is 104 cm³/mol. The number of hydrogen-bond acceptors (Lipinski definition) is 5. The molecule has 1 unspecified atom stereocenters. The van der Waals surface area contributed by atoms with Crippen LogP contribution in [0.4, 0.5) is 0 Å². The van der Waals surface area contributed by atoms with Gasteiger partial charge in [-0.05, 0) is 37.9 Å². The van der Waals surface area contributed by atoms with E-state index < -0.39 is 14.6 Å². The number of piperidine rings is 1. The van der Waals surface area contributed by atoms with Gasteiger partial charge in [0.2, 0.25) is 5.91 Å². The topological polar surface area (TPSA) is 84.5 Å². The SMILES string of the molecule is CCc1cccc2c1OCCC2NC(=O)C1(S(C)(=O)=O)CCNCC1.Cl. The minimum absolute atomic E-state index is 0. The Kier molecular flexibility index (Phi) is 6.58. The second-order valence-electron chi connectivity index (χ2n) is 6.87. The molecule has 26 heavy (non-hydrogen) atoms. The highest BCUT2D eigenvalue weighted by atomic mass is 35.5. The predicted octanol–water partition coefficient (Wildman–Crippen LogP) is 1.78. The fourth-order valence-electron chi connectivity index (χ4n) is 3.80. The van der Waals surface area contributed by atoms with Crippen molar-refractivity contribution in [2.45, 2.75) is 43.4 Å². The first-order valence-electron chi connectivity index (χ1n) is 8.85. The largest absolute Gasteiger partial charge is 0.493 e. The molecule has 2 aliphatic heterocycles. The van der Waals surface area contributed by atoms with Crippen LogP contribution in [-0.2, 0) is 21.1 Å². The molecule has 1 saturated heterocycles. The number of halogens is 1. The molecule has 1 aromatic carbocycles. The normalized spacial score (nSPS) is 21.7. The standard InChI is InChI=1S/C18H26N2O4S.ClH/c1-3-13-5-4-6-14-15(7-12-24-16(13)14)20-17(21)18(25(2,22)23)8-10-19-11-9-18;/h4-6,15,19H,3,7-12H2,1-2H3,(H,20,21);1H. The van der Waals surface area contributed by atoms with Gasteiger partial charge in [0.05, 0.1) is 12.6 Å². The number of aryl methyl sites for hydroxylation is 1. The van der Waals surface area contributed by atoms with Crippen molar-refractivity contribution in [1.82, 2.24) is 10.6 Å². The summed E-state index contributed by atoms with van der Waals surface area (Å²) in [5, 5.41) is 6.15. The van der Waals surface area contributed by atoms with Crippen LogP contribution in [-0.4, -0.2) is 45.0 Å². The highest BCUT2D eigenvalue weighted by Gasteiger charge is 2.49. The minimum Gasteiger partial charge on any atom is -0.493 e. The molecule has 0 bridgehead atoms. The van der Waals surface area contributed by atoms with Crippen molar-refractivity contribution in [3.8, 4) is 5.75 Å². The van der Waals surface area contributed by atoms with Crippen molar-refractivity contribution < 1.29 is 17.9 Å². The van der Waals surface area contributed by atoms with E-state index >= 15 is 0 Å². The van der Waals surface area contributed by atoms with Crippen LogP contribution in [0, 0.1) is 0 Å². The van der Waals surface area contributed by atoms with Crippen molar-refractivity contribution in [3.63, 3.8) is 0 Å². The van der Waals surface area contributed by atoms with Gasteiger partial charge in [0.25, 0.3) is 0 Å². The van der Waals surface area contributed by atoms with Gasteiger partial charge in [-0.3, -0.25) is 4.79 Å². The molecule has 146 valence electrons. The summed E-state index contributed by atoms with van der Waals surface area (Å²) in [4.78, 5) is 13.0. The molecular formula is C18H27ClN2O4S. The van der Waals surface area contributed by atoms with E-state index in [1.54, 1.807) is 0 Å². The highest BCUT2D eigenvalue weighted by molar-refractivity contribution is 7.92. The molecule has 0 spiro atoms. The summed E-state index contributed by atoms with van der Waals surface area (Å²) < 4.78 is 29.3. The quantitative estimate of drug-likeness (QED) is 0.801. The first kappa shape index (κ1) is 21.0. The molecule has 3 rings (SSSR count). The van der Waals surface area contributed by atoms with Gasteiger partial charge in [0, 0.05) is 18.2 Å². The second-order valence-corrected chi connectivity index (χ2v) is 9.19. The Labute approximate surface area is 161 Å². The lowest BCUT2D eigenvalue weighted by molar-refractivity contribution is -0.125. The van der Waals surface area contributed by atoms with Gasteiger partial charge >= 0.3 is 0 Å². The third kappa shape index (κ3) is 3.70. The summed E-state index contributed by atoms with van der Waals surface area (Å²) in [6.45, 7) is 3.65. The number of nitrogens with one attached hydrogen (secondary N) is 2. The van der Waals surface area contributed by atoms with E-state index in [2.05, 4.69) is 17.6 Å². The summed E-state index contributed by atoms with van der Waals surface area (Å²) in [6, 6.07) is 5.72. The highest BCUT2D eigenvalue weighted by Crippen LogP contribution is 2.36. The number of carbonyl (C=O) groups excluding carboxylic acids is 1. The average molecular weight is 403 g/mol. The van der Waals surface area contributed by atoms with Crippen LogP contribution in [0.25, 0.3) is 0 Å². The lowest BCUT2D eigenvalue weighted by atomic mass is 9.93. The maximum Gasteiger partial charge on any atom is 0.242 e. The molecule has 6 nitrogen and oxygen atoms in total. The fraction of sp³-hybridized carbons (Fsp3) is 0.611. The Morgan fingerprint density at radius 2 is 2.04 bits per heavy atom. The van der Waals surface area contributed by atoms with Gasteiger partial charge in [-0.25, -0.2) is 8.42 Å².